The topological polar surface area (TPSA) is 64.0 Å². The van der Waals surface area contributed by atoms with Crippen LogP contribution >= 0.6 is 11.3 Å². The zero-order valence-corrected chi connectivity index (χ0v) is 20.5. The molecule has 2 aromatic carbocycles. The number of thiophene rings is 1. The molecule has 0 aliphatic rings. The lowest BCUT2D eigenvalue weighted by Gasteiger charge is -2.19. The zero-order valence-electron chi connectivity index (χ0n) is 19.7. The summed E-state index contributed by atoms with van der Waals surface area (Å²) in [7, 11) is 0. The predicted octanol–water partition coefficient (Wildman–Crippen LogP) is 6.18. The zero-order chi connectivity index (χ0) is 23.8. The maximum Gasteiger partial charge on any atom is 0.263 e. The van der Waals surface area contributed by atoms with E-state index in [1.54, 1.807) is 0 Å². The lowest BCUT2D eigenvalue weighted by molar-refractivity contribution is -0.116. The van der Waals surface area contributed by atoms with Crippen LogP contribution in [0.3, 0.4) is 0 Å². The van der Waals surface area contributed by atoms with Crippen LogP contribution in [-0.4, -0.2) is 15.5 Å². The summed E-state index contributed by atoms with van der Waals surface area (Å²) in [5.41, 5.74) is 4.82. The molecule has 5 nitrogen and oxygen atoms in total. The standard InChI is InChI=1S/C27H29N3O2S/c1-17(2)18-6-8-19(9-7-18)22-15-33-25-24(22)26(32)30(16-28-25)14-23(31)29-21-12-10-20(11-13-21)27(3,4)5/h6-13,15-17H,14H2,1-5H3,(H,29,31). The van der Waals surface area contributed by atoms with E-state index in [0.29, 0.717) is 21.8 Å². The largest absolute Gasteiger partial charge is 0.325 e. The molecule has 1 N–H and O–H groups in total. The highest BCUT2D eigenvalue weighted by molar-refractivity contribution is 7.17. The van der Waals surface area contributed by atoms with Crippen LogP contribution in [0.1, 0.15) is 51.7 Å². The Labute approximate surface area is 198 Å². The molecule has 0 unspecified atom stereocenters. The van der Waals surface area contributed by atoms with Crippen molar-refractivity contribution in [3.63, 3.8) is 0 Å². The number of benzene rings is 2. The molecule has 4 rings (SSSR count). The fourth-order valence-corrected chi connectivity index (χ4v) is 4.66. The molecule has 0 aliphatic heterocycles. The fraction of sp³-hybridized carbons (Fsp3) is 0.296. The minimum atomic E-state index is -0.264. The van der Waals surface area contributed by atoms with Crippen molar-refractivity contribution >= 4 is 33.1 Å². The van der Waals surface area contributed by atoms with Gasteiger partial charge in [-0.05, 0) is 40.2 Å². The third-order valence-electron chi connectivity index (χ3n) is 5.80. The first kappa shape index (κ1) is 22.9. The Hall–Kier alpha value is -3.25. The molecule has 1 amide bonds. The Morgan fingerprint density at radius 1 is 1.06 bits per heavy atom. The second kappa shape index (κ2) is 8.94. The van der Waals surface area contributed by atoms with Crippen LogP contribution in [0.2, 0.25) is 0 Å². The summed E-state index contributed by atoms with van der Waals surface area (Å²) in [5, 5.41) is 5.40. The average molecular weight is 460 g/mol. The van der Waals surface area contributed by atoms with E-state index in [-0.39, 0.29) is 23.4 Å². The second-order valence-corrected chi connectivity index (χ2v) is 10.5. The highest BCUT2D eigenvalue weighted by Crippen LogP contribution is 2.31. The van der Waals surface area contributed by atoms with Crippen LogP contribution < -0.4 is 10.9 Å². The van der Waals surface area contributed by atoms with Gasteiger partial charge in [-0.3, -0.25) is 14.2 Å². The number of aromatic nitrogens is 2. The fourth-order valence-electron chi connectivity index (χ4n) is 3.75. The molecule has 2 heterocycles. The van der Waals surface area contributed by atoms with E-state index in [0.717, 1.165) is 11.1 Å². The van der Waals surface area contributed by atoms with Crippen LogP contribution in [0.4, 0.5) is 5.69 Å². The van der Waals surface area contributed by atoms with Gasteiger partial charge < -0.3 is 5.32 Å². The molecule has 170 valence electrons. The highest BCUT2D eigenvalue weighted by atomic mass is 32.1. The van der Waals surface area contributed by atoms with Crippen LogP contribution in [0.5, 0.6) is 0 Å². The first-order valence-corrected chi connectivity index (χ1v) is 12.0. The molecule has 6 heteroatoms. The molecule has 0 fully saturated rings. The molecular weight excluding hydrogens is 430 g/mol. The van der Waals surface area contributed by atoms with Crippen molar-refractivity contribution in [2.24, 2.45) is 0 Å². The minimum Gasteiger partial charge on any atom is -0.325 e. The van der Waals surface area contributed by atoms with E-state index in [9.17, 15) is 9.59 Å². The van der Waals surface area contributed by atoms with Crippen molar-refractivity contribution < 1.29 is 4.79 Å². The van der Waals surface area contributed by atoms with Crippen molar-refractivity contribution in [1.29, 1.82) is 0 Å². The SMILES string of the molecule is CC(C)c1ccc(-c2csc3ncn(CC(=O)Nc4ccc(C(C)(C)C)cc4)c(=O)c23)cc1. The lowest BCUT2D eigenvalue weighted by Crippen LogP contribution is -2.27. The average Bonchev–Trinajstić information content (AvgIpc) is 3.20. The van der Waals surface area contributed by atoms with E-state index in [1.165, 1.54) is 33.4 Å². The van der Waals surface area contributed by atoms with E-state index < -0.39 is 0 Å². The molecule has 2 aromatic heterocycles. The first-order chi connectivity index (χ1) is 15.6. The van der Waals surface area contributed by atoms with Gasteiger partial charge >= 0.3 is 0 Å². The number of fused-ring (bicyclic) bond motifs is 1. The van der Waals surface area contributed by atoms with E-state index >= 15 is 0 Å². The van der Waals surface area contributed by atoms with Gasteiger partial charge in [0.05, 0.1) is 11.7 Å². The van der Waals surface area contributed by atoms with Gasteiger partial charge in [-0.1, -0.05) is 71.0 Å². The number of nitrogens with one attached hydrogen (secondary N) is 1. The highest BCUT2D eigenvalue weighted by Gasteiger charge is 2.16. The maximum absolute atomic E-state index is 13.3. The smallest absolute Gasteiger partial charge is 0.263 e. The van der Waals surface area contributed by atoms with E-state index in [1.807, 2.05) is 41.8 Å². The summed E-state index contributed by atoms with van der Waals surface area (Å²) >= 11 is 1.44. The van der Waals surface area contributed by atoms with Crippen molar-refractivity contribution in [1.82, 2.24) is 9.55 Å². The normalized spacial score (nSPS) is 11.8. The molecule has 0 saturated carbocycles. The summed E-state index contributed by atoms with van der Waals surface area (Å²) in [6.07, 6.45) is 1.45. The third kappa shape index (κ3) is 4.91. The minimum absolute atomic E-state index is 0.0459. The summed E-state index contributed by atoms with van der Waals surface area (Å²) in [6, 6.07) is 16.1. The van der Waals surface area contributed by atoms with Gasteiger partial charge in [-0.2, -0.15) is 0 Å². The van der Waals surface area contributed by atoms with E-state index in [4.69, 9.17) is 0 Å². The van der Waals surface area contributed by atoms with Crippen LogP contribution in [0.15, 0.2) is 65.0 Å². The molecule has 0 aliphatic carbocycles. The molecule has 0 atom stereocenters. The first-order valence-electron chi connectivity index (χ1n) is 11.1. The Morgan fingerprint density at radius 2 is 1.73 bits per heavy atom. The van der Waals surface area contributed by atoms with E-state index in [2.05, 4.69) is 57.1 Å². The van der Waals surface area contributed by atoms with Gasteiger partial charge in [-0.15, -0.1) is 11.3 Å². The van der Waals surface area contributed by atoms with Gasteiger partial charge in [0.15, 0.2) is 0 Å². The van der Waals surface area contributed by atoms with Gasteiger partial charge in [-0.25, -0.2) is 4.98 Å². The molecular formula is C27H29N3O2S. The van der Waals surface area contributed by atoms with Crippen LogP contribution in [0.25, 0.3) is 21.3 Å². The third-order valence-corrected chi connectivity index (χ3v) is 6.68. The number of hydrogen-bond donors (Lipinski definition) is 1. The van der Waals surface area contributed by atoms with Gasteiger partial charge in [0.25, 0.3) is 5.56 Å². The van der Waals surface area contributed by atoms with Crippen molar-refractivity contribution in [2.75, 3.05) is 5.32 Å². The van der Waals surface area contributed by atoms with Crippen molar-refractivity contribution in [2.45, 2.75) is 52.5 Å². The van der Waals surface area contributed by atoms with Crippen LogP contribution in [-0.2, 0) is 16.8 Å². The lowest BCUT2D eigenvalue weighted by atomic mass is 9.87. The van der Waals surface area contributed by atoms with Gasteiger partial charge in [0.1, 0.15) is 11.4 Å². The second-order valence-electron chi connectivity index (χ2n) is 9.66. The molecule has 33 heavy (non-hydrogen) atoms. The van der Waals surface area contributed by atoms with Crippen molar-refractivity contribution in [3.8, 4) is 11.1 Å². The predicted molar refractivity (Wildman–Crippen MR) is 137 cm³/mol. The summed E-state index contributed by atoms with van der Waals surface area (Å²) < 4.78 is 1.37. The number of carbonyl (C=O) groups excluding carboxylic acids is 1. The summed E-state index contributed by atoms with van der Waals surface area (Å²) in [6.45, 7) is 10.7. The number of anilines is 1. The number of nitrogens with zero attached hydrogens (tertiary/aromatic N) is 2. The Bertz CT molecular complexity index is 1340. The molecule has 0 bridgehead atoms. The Morgan fingerprint density at radius 3 is 2.33 bits per heavy atom. The number of hydrogen-bond acceptors (Lipinski definition) is 4. The monoisotopic (exact) mass is 459 g/mol. The molecule has 0 radical (unpaired) electrons. The number of carbonyl (C=O) groups is 1. The quantitative estimate of drug-likeness (QED) is 0.387. The molecule has 4 aromatic rings. The van der Waals surface area contributed by atoms with Gasteiger partial charge in [0.2, 0.25) is 5.91 Å². The maximum atomic E-state index is 13.3. The summed E-state index contributed by atoms with van der Waals surface area (Å²) in [4.78, 5) is 31.0. The molecule has 0 saturated heterocycles. The Balaban J connectivity index is 1.57. The number of rotatable bonds is 5. The number of amides is 1. The molecule has 0 spiro atoms. The summed E-state index contributed by atoms with van der Waals surface area (Å²) in [5.74, 6) is 0.181. The Kier molecular flexibility index (Phi) is 6.21. The van der Waals surface area contributed by atoms with Crippen molar-refractivity contribution in [3.05, 3.63) is 81.7 Å². The van der Waals surface area contributed by atoms with Crippen LogP contribution in [0, 0.1) is 0 Å². The van der Waals surface area contributed by atoms with Gasteiger partial charge in [0, 0.05) is 16.6 Å².